The van der Waals surface area contributed by atoms with Crippen molar-refractivity contribution in [3.05, 3.63) is 111 Å². The molecule has 21 nitrogen and oxygen atoms in total. The molecule has 27 heteroatoms. The van der Waals surface area contributed by atoms with Crippen molar-refractivity contribution in [2.75, 3.05) is 46.7 Å². The van der Waals surface area contributed by atoms with Crippen LogP contribution in [0.1, 0.15) is 125 Å². The van der Waals surface area contributed by atoms with Gasteiger partial charge in [-0.1, -0.05) is 44.2 Å². The van der Waals surface area contributed by atoms with Crippen molar-refractivity contribution in [1.82, 2.24) is 61.1 Å². The minimum absolute atomic E-state index is 0.0245. The van der Waals surface area contributed by atoms with E-state index in [0.717, 1.165) is 6.54 Å². The summed E-state index contributed by atoms with van der Waals surface area (Å²) in [5.41, 5.74) is 3.14. The van der Waals surface area contributed by atoms with Crippen LogP contribution in [0.3, 0.4) is 0 Å². The molecule has 10 bridgehead atoms. The lowest BCUT2D eigenvalue weighted by Gasteiger charge is -2.23. The molecule has 81 heavy (non-hydrogen) atoms. The normalized spacial score (nSPS) is 16.6. The first-order valence-corrected chi connectivity index (χ1v) is 30.7. The van der Waals surface area contributed by atoms with E-state index in [4.69, 9.17) is 39.6 Å². The number of pyridine rings is 1. The lowest BCUT2D eigenvalue weighted by Crippen LogP contribution is -2.40. The Morgan fingerprint density at radius 1 is 0.753 bits per heavy atom. The van der Waals surface area contributed by atoms with Gasteiger partial charge in [0.25, 0.3) is 11.8 Å². The number of aliphatic hydroxyl groups excluding tert-OH is 1. The molecule has 4 atom stereocenters. The average molecular weight is 1210 g/mol. The smallest absolute Gasteiger partial charge is 0.271 e. The number of carbonyl (C=O) groups excluding carboxylic acids is 6. The summed E-state index contributed by atoms with van der Waals surface area (Å²) in [5, 5.41) is 35.6. The van der Waals surface area contributed by atoms with Crippen LogP contribution in [-0.2, 0) is 25.7 Å². The van der Waals surface area contributed by atoms with Crippen molar-refractivity contribution >= 4 is 109 Å². The minimum Gasteiger partial charge on any atom is -0.386 e. The Morgan fingerprint density at radius 2 is 1.47 bits per heavy atom. The molecule has 422 valence electrons. The van der Waals surface area contributed by atoms with Gasteiger partial charge < -0.3 is 41.3 Å². The first kappa shape index (κ1) is 58.7. The summed E-state index contributed by atoms with van der Waals surface area (Å²) in [6, 6.07) is 10.4. The van der Waals surface area contributed by atoms with E-state index < -0.39 is 48.4 Å². The average Bonchev–Trinajstić information content (AvgIpc) is 4.33. The number of ether oxygens (including phenoxy) is 1. The van der Waals surface area contributed by atoms with Crippen LogP contribution >= 0.6 is 68.0 Å². The van der Waals surface area contributed by atoms with Gasteiger partial charge in [-0.2, -0.15) is 0 Å². The highest BCUT2D eigenvalue weighted by atomic mass is 32.1. The van der Waals surface area contributed by atoms with Crippen LogP contribution in [-0.4, -0.2) is 122 Å². The number of carbonyl (C=O) groups is 6. The zero-order chi connectivity index (χ0) is 57.5. The molecule has 1 aliphatic rings. The summed E-state index contributed by atoms with van der Waals surface area (Å²) in [6.07, 6.45) is -0.447. The Kier molecular flexibility index (Phi) is 19.1. The van der Waals surface area contributed by atoms with Crippen LogP contribution in [0.5, 0.6) is 0 Å². The molecule has 1 aromatic carbocycles. The largest absolute Gasteiger partial charge is 0.386 e. The van der Waals surface area contributed by atoms with Crippen LogP contribution in [0.4, 0.5) is 5.82 Å². The van der Waals surface area contributed by atoms with Crippen molar-refractivity contribution in [3.63, 3.8) is 0 Å². The van der Waals surface area contributed by atoms with Crippen molar-refractivity contribution < 1.29 is 38.6 Å². The van der Waals surface area contributed by atoms with E-state index in [2.05, 4.69) is 26.6 Å². The third-order valence-electron chi connectivity index (χ3n) is 12.9. The maximum absolute atomic E-state index is 14.3. The van der Waals surface area contributed by atoms with Gasteiger partial charge in [0, 0.05) is 64.9 Å². The Hall–Kier alpha value is -6.95. The fourth-order valence-electron chi connectivity index (χ4n) is 8.66. The number of aryl methyl sites for hydroxylation is 1. The first-order valence-electron chi connectivity index (χ1n) is 25.6. The molecule has 0 saturated carbocycles. The summed E-state index contributed by atoms with van der Waals surface area (Å²) < 4.78 is 5.47. The molecule has 9 rings (SSSR count). The first-order chi connectivity index (χ1) is 39.0. The molecule has 8 heterocycles. The van der Waals surface area contributed by atoms with E-state index in [9.17, 15) is 33.9 Å². The number of ketones is 1. The Balaban J connectivity index is 1.11. The molecule has 7 aromatic heterocycles. The SMILES string of the molecule is CNC(=O)C[C@@H]1NC(=O)c2csc(n2)-c2ccc(-c3nc(NC(=O)CCCN(C)C)cs3)nc2-c2csc(n2)-c2csc(n2)[C@H]([C@@H](O)c2ccccc2)NC(=O)CNC(=O)c2nc(sc2COC)[C@@H](C(C)C)CC(=O)c2nc1sc2C. The number of fused-ring (bicyclic) bond motifs is 14. The van der Waals surface area contributed by atoms with Crippen LogP contribution in [0.15, 0.2) is 64.0 Å². The molecule has 0 spiro atoms. The maximum atomic E-state index is 14.3. The van der Waals surface area contributed by atoms with Gasteiger partial charge in [0.15, 0.2) is 5.78 Å². The number of Topliss-reactive ketones (excluding diaryl/α,β-unsaturated/α-hetero) is 1. The second-order valence-electron chi connectivity index (χ2n) is 19.4. The monoisotopic (exact) mass is 1210 g/mol. The minimum atomic E-state index is -1.25. The highest BCUT2D eigenvalue weighted by molar-refractivity contribution is 7.15. The number of nitrogens with one attached hydrogen (secondary N) is 5. The zero-order valence-electron chi connectivity index (χ0n) is 45.0. The molecule has 0 aliphatic carbocycles. The molecule has 5 amide bonds. The summed E-state index contributed by atoms with van der Waals surface area (Å²) in [5.74, 6) is -2.85. The van der Waals surface area contributed by atoms with E-state index in [-0.39, 0.29) is 60.0 Å². The van der Waals surface area contributed by atoms with Gasteiger partial charge in [0.2, 0.25) is 17.7 Å². The predicted octanol–water partition coefficient (Wildman–Crippen LogP) is 8.48. The molecule has 0 saturated heterocycles. The molecular formula is C54H57N13O8S6. The van der Waals surface area contributed by atoms with Gasteiger partial charge in [-0.15, -0.1) is 68.0 Å². The van der Waals surface area contributed by atoms with Gasteiger partial charge in [-0.05, 0) is 57.6 Å². The molecule has 0 radical (unpaired) electrons. The fraction of sp³-hybridized carbons (Fsp3) is 0.352. The van der Waals surface area contributed by atoms with E-state index in [1.54, 1.807) is 53.4 Å². The number of hydrogen-bond acceptors (Lipinski definition) is 22. The Morgan fingerprint density at radius 3 is 2.22 bits per heavy atom. The molecule has 0 unspecified atom stereocenters. The Bertz CT molecular complexity index is 3590. The number of thiazole rings is 6. The lowest BCUT2D eigenvalue weighted by atomic mass is 9.90. The number of amides is 5. The summed E-state index contributed by atoms with van der Waals surface area (Å²) in [6.45, 7) is 5.98. The number of aromatic nitrogens is 7. The number of aliphatic hydroxyl groups is 1. The fourth-order valence-corrected chi connectivity index (χ4v) is 14.2. The Labute approximate surface area is 490 Å². The number of hydrogen-bond donors (Lipinski definition) is 6. The molecule has 1 aliphatic heterocycles. The van der Waals surface area contributed by atoms with E-state index in [1.807, 2.05) is 50.4 Å². The summed E-state index contributed by atoms with van der Waals surface area (Å²) in [4.78, 5) is 120. The quantitative estimate of drug-likeness (QED) is 0.0631. The third kappa shape index (κ3) is 14.0. The lowest BCUT2D eigenvalue weighted by molar-refractivity contribution is -0.122. The van der Waals surface area contributed by atoms with Crippen LogP contribution < -0.4 is 26.6 Å². The van der Waals surface area contributed by atoms with Crippen molar-refractivity contribution in [2.24, 2.45) is 5.92 Å². The van der Waals surface area contributed by atoms with Crippen LogP contribution in [0, 0.1) is 12.8 Å². The van der Waals surface area contributed by atoms with Gasteiger partial charge in [0.05, 0.1) is 41.2 Å². The van der Waals surface area contributed by atoms with Gasteiger partial charge in [-0.3, -0.25) is 28.8 Å². The highest BCUT2D eigenvalue weighted by Gasteiger charge is 2.33. The maximum Gasteiger partial charge on any atom is 0.271 e. The van der Waals surface area contributed by atoms with E-state index in [1.165, 1.54) is 82.2 Å². The van der Waals surface area contributed by atoms with Gasteiger partial charge in [-0.25, -0.2) is 34.9 Å². The number of anilines is 1. The van der Waals surface area contributed by atoms with Gasteiger partial charge >= 0.3 is 0 Å². The second kappa shape index (κ2) is 26.3. The number of methoxy groups -OCH3 is 1. The van der Waals surface area contributed by atoms with Crippen molar-refractivity contribution in [3.8, 4) is 43.4 Å². The summed E-state index contributed by atoms with van der Waals surface area (Å²) in [7, 11) is 6.88. The predicted molar refractivity (Wildman–Crippen MR) is 315 cm³/mol. The van der Waals surface area contributed by atoms with E-state index in [0.29, 0.717) is 92.4 Å². The molecule has 0 fully saturated rings. The van der Waals surface area contributed by atoms with Crippen LogP contribution in [0.2, 0.25) is 0 Å². The van der Waals surface area contributed by atoms with Crippen LogP contribution in [0.25, 0.3) is 43.4 Å². The second-order valence-corrected chi connectivity index (χ2v) is 25.2. The zero-order valence-corrected chi connectivity index (χ0v) is 49.9. The number of nitrogens with zero attached hydrogens (tertiary/aromatic N) is 8. The molecular weight excluding hydrogens is 1150 g/mol. The number of rotatable bonds is 13. The highest BCUT2D eigenvalue weighted by Crippen LogP contribution is 2.41. The van der Waals surface area contributed by atoms with Crippen molar-refractivity contribution in [2.45, 2.75) is 77.2 Å². The van der Waals surface area contributed by atoms with Crippen molar-refractivity contribution in [1.29, 1.82) is 0 Å². The van der Waals surface area contributed by atoms with E-state index >= 15 is 0 Å². The standard InChI is InChI=1S/C54H57N13O8S6/c1-26(2)30-18-36(68)42-27(3)80-53(65-42)32(19-40(70)55-4)58-47(73)34-23-76-49(60-34)29-15-16-31(51-63-38(25-79-51)62-39(69)14-11-17-67(5)6)57-43(29)33-22-77-52(59-33)35-24-78-54(61-35)45(46(72)28-12-9-8-10-13-28)64-41(71)20-56-48(74)44-37(21-75-7)81-50(30)66-44/h8-10,12-13,15-16,22-26,30,32,45-46,72H,11,14,17-21H2,1-7H3,(H,55,70)(H,56,74)(H,58,73)(H,62,69)(H,64,71)/t30-,32+,45+,46+/m1/s1. The molecule has 6 N–H and O–H groups in total. The van der Waals surface area contributed by atoms with Gasteiger partial charge in [0.1, 0.15) is 77.2 Å². The number of benzene rings is 1. The summed E-state index contributed by atoms with van der Waals surface area (Å²) >= 11 is 7.45. The molecule has 8 aromatic rings. The third-order valence-corrected chi connectivity index (χ3v) is 18.7. The topological polar surface area (TPSA) is 286 Å².